The fourth-order valence-corrected chi connectivity index (χ4v) is 0.809. The second-order valence-corrected chi connectivity index (χ2v) is 3.16. The first-order valence-corrected chi connectivity index (χ1v) is 4.65. The van der Waals surface area contributed by atoms with Crippen LogP contribution >= 0.6 is 0 Å². The Kier molecular flexibility index (Phi) is 7.63. The normalized spacial score (nSPS) is 10.7. The van der Waals surface area contributed by atoms with Crippen LogP contribution < -0.4 is 5.73 Å². The topological polar surface area (TPSA) is 68.3 Å². The summed E-state index contributed by atoms with van der Waals surface area (Å²) in [5, 5.41) is 6.96. The Morgan fingerprint density at radius 1 is 1.31 bits per heavy atom. The van der Waals surface area contributed by atoms with Crippen LogP contribution in [0.15, 0.2) is 0 Å². The van der Waals surface area contributed by atoms with Gasteiger partial charge in [0.1, 0.15) is 0 Å². The van der Waals surface area contributed by atoms with E-state index in [1.807, 2.05) is 13.8 Å². The smallest absolute Gasteiger partial charge is 0.0906 e. The maximum Gasteiger partial charge on any atom is 0.0906 e. The third kappa shape index (κ3) is 11.4. The van der Waals surface area contributed by atoms with Crippen molar-refractivity contribution in [3.8, 4) is 0 Å². The Hall–Kier alpha value is -0.610. The average molecular weight is 188 g/mol. The molecule has 4 heteroatoms. The molecule has 0 atom stereocenters. The summed E-state index contributed by atoms with van der Waals surface area (Å²) < 4.78 is 10.5. The summed E-state index contributed by atoms with van der Waals surface area (Å²) in [6, 6.07) is 0. The van der Waals surface area contributed by atoms with Gasteiger partial charge in [-0.2, -0.15) is 0 Å². The minimum Gasteiger partial charge on any atom is -0.388 e. The number of ether oxygens (including phenoxy) is 2. The van der Waals surface area contributed by atoms with Gasteiger partial charge in [-0.05, 0) is 20.3 Å². The van der Waals surface area contributed by atoms with Crippen molar-refractivity contribution in [2.45, 2.75) is 32.8 Å². The molecule has 0 spiro atoms. The van der Waals surface area contributed by atoms with Gasteiger partial charge in [-0.1, -0.05) is 0 Å². The number of rotatable bonds is 8. The maximum absolute atomic E-state index is 6.96. The first-order valence-electron chi connectivity index (χ1n) is 4.65. The van der Waals surface area contributed by atoms with Crippen molar-refractivity contribution in [1.82, 2.24) is 0 Å². The molecule has 0 radical (unpaired) electrons. The largest absolute Gasteiger partial charge is 0.388 e. The lowest BCUT2D eigenvalue weighted by molar-refractivity contribution is 0.0193. The first kappa shape index (κ1) is 12.4. The van der Waals surface area contributed by atoms with E-state index in [0.717, 1.165) is 6.42 Å². The molecule has 0 aromatic carbocycles. The van der Waals surface area contributed by atoms with Crippen LogP contribution in [0.4, 0.5) is 0 Å². The van der Waals surface area contributed by atoms with Crippen LogP contribution in [0.5, 0.6) is 0 Å². The fraction of sp³-hybridized carbons (Fsp3) is 0.889. The summed E-state index contributed by atoms with van der Waals surface area (Å²) in [5.41, 5.74) is 5.18. The van der Waals surface area contributed by atoms with Crippen molar-refractivity contribution >= 4 is 5.84 Å². The monoisotopic (exact) mass is 188 g/mol. The van der Waals surface area contributed by atoms with Crippen molar-refractivity contribution in [1.29, 1.82) is 5.41 Å². The van der Waals surface area contributed by atoms with Gasteiger partial charge in [0.05, 0.1) is 25.2 Å². The molecule has 0 aromatic rings. The van der Waals surface area contributed by atoms with Crippen LogP contribution in [0.3, 0.4) is 0 Å². The van der Waals surface area contributed by atoms with Crippen LogP contribution in [0.2, 0.25) is 0 Å². The highest BCUT2D eigenvalue weighted by atomic mass is 16.5. The lowest BCUT2D eigenvalue weighted by Crippen LogP contribution is -2.12. The van der Waals surface area contributed by atoms with E-state index in [0.29, 0.717) is 26.2 Å². The van der Waals surface area contributed by atoms with Crippen LogP contribution in [-0.4, -0.2) is 31.8 Å². The summed E-state index contributed by atoms with van der Waals surface area (Å²) in [6.45, 7) is 5.90. The van der Waals surface area contributed by atoms with Crippen LogP contribution in [-0.2, 0) is 9.47 Å². The van der Waals surface area contributed by atoms with Crippen molar-refractivity contribution in [2.75, 3.05) is 19.8 Å². The Bertz CT molecular complexity index is 138. The molecule has 0 saturated heterocycles. The van der Waals surface area contributed by atoms with E-state index in [9.17, 15) is 0 Å². The fourth-order valence-electron chi connectivity index (χ4n) is 0.809. The van der Waals surface area contributed by atoms with Crippen molar-refractivity contribution in [3.05, 3.63) is 0 Å². The van der Waals surface area contributed by atoms with Gasteiger partial charge in [0.15, 0.2) is 0 Å². The second kappa shape index (κ2) is 8.01. The van der Waals surface area contributed by atoms with Gasteiger partial charge in [-0.25, -0.2) is 0 Å². The van der Waals surface area contributed by atoms with Gasteiger partial charge < -0.3 is 15.2 Å². The van der Waals surface area contributed by atoms with Crippen LogP contribution in [0.25, 0.3) is 0 Å². The zero-order valence-corrected chi connectivity index (χ0v) is 8.51. The minimum absolute atomic E-state index is 0.224. The third-order valence-electron chi connectivity index (χ3n) is 1.41. The molecule has 13 heavy (non-hydrogen) atoms. The van der Waals surface area contributed by atoms with Crippen LogP contribution in [0.1, 0.15) is 26.7 Å². The average Bonchev–Trinajstić information content (AvgIpc) is 2.01. The van der Waals surface area contributed by atoms with Crippen molar-refractivity contribution in [3.63, 3.8) is 0 Å². The van der Waals surface area contributed by atoms with Crippen molar-refractivity contribution < 1.29 is 9.47 Å². The lowest BCUT2D eigenvalue weighted by Gasteiger charge is -2.07. The molecule has 0 fully saturated rings. The summed E-state index contributed by atoms with van der Waals surface area (Å²) in [7, 11) is 0. The van der Waals surface area contributed by atoms with Crippen molar-refractivity contribution in [2.24, 2.45) is 5.73 Å². The van der Waals surface area contributed by atoms with Gasteiger partial charge in [-0.3, -0.25) is 5.41 Å². The molecule has 0 aliphatic heterocycles. The SMILES string of the molecule is CC(C)OCCOCCCC(=N)N. The molecule has 0 amide bonds. The van der Waals surface area contributed by atoms with Gasteiger partial charge in [-0.15, -0.1) is 0 Å². The summed E-state index contributed by atoms with van der Waals surface area (Å²) >= 11 is 0. The molecular formula is C9H20N2O2. The molecule has 0 rings (SSSR count). The Morgan fingerprint density at radius 2 is 2.00 bits per heavy atom. The van der Waals surface area contributed by atoms with E-state index in [2.05, 4.69) is 0 Å². The molecule has 3 N–H and O–H groups in total. The predicted molar refractivity (Wildman–Crippen MR) is 53.1 cm³/mol. The summed E-state index contributed by atoms with van der Waals surface area (Å²) in [6.07, 6.45) is 1.70. The highest BCUT2D eigenvalue weighted by Crippen LogP contribution is 1.91. The predicted octanol–water partition coefficient (Wildman–Crippen LogP) is 1.14. The molecule has 0 bridgehead atoms. The van der Waals surface area contributed by atoms with E-state index >= 15 is 0 Å². The Labute approximate surface area is 79.9 Å². The Balaban J connectivity index is 2.96. The zero-order valence-electron chi connectivity index (χ0n) is 8.51. The zero-order chi connectivity index (χ0) is 10.1. The number of amidine groups is 1. The molecule has 78 valence electrons. The molecule has 4 nitrogen and oxygen atoms in total. The first-order chi connectivity index (χ1) is 6.13. The highest BCUT2D eigenvalue weighted by molar-refractivity contribution is 5.76. The molecule has 0 aromatic heterocycles. The Morgan fingerprint density at radius 3 is 2.54 bits per heavy atom. The van der Waals surface area contributed by atoms with Gasteiger partial charge >= 0.3 is 0 Å². The lowest BCUT2D eigenvalue weighted by atomic mass is 10.3. The number of hydrogen-bond donors (Lipinski definition) is 2. The molecule has 0 aliphatic carbocycles. The number of hydrogen-bond acceptors (Lipinski definition) is 3. The molecule has 0 saturated carbocycles. The van der Waals surface area contributed by atoms with E-state index < -0.39 is 0 Å². The molecule has 0 aliphatic rings. The van der Waals surface area contributed by atoms with Crippen LogP contribution in [0, 0.1) is 5.41 Å². The van der Waals surface area contributed by atoms with E-state index in [1.54, 1.807) is 0 Å². The maximum atomic E-state index is 6.96. The summed E-state index contributed by atoms with van der Waals surface area (Å²) in [4.78, 5) is 0. The summed E-state index contributed by atoms with van der Waals surface area (Å²) in [5.74, 6) is 0.224. The van der Waals surface area contributed by atoms with Gasteiger partial charge in [0, 0.05) is 13.0 Å². The van der Waals surface area contributed by atoms with Gasteiger partial charge in [0.25, 0.3) is 0 Å². The molecule has 0 heterocycles. The molecular weight excluding hydrogens is 168 g/mol. The standard InChI is InChI=1S/C9H20N2O2/c1-8(2)13-7-6-12-5-3-4-9(10)11/h8H,3-7H2,1-2H3,(H3,10,11). The van der Waals surface area contributed by atoms with Gasteiger partial charge in [0.2, 0.25) is 0 Å². The van der Waals surface area contributed by atoms with E-state index in [1.165, 1.54) is 0 Å². The highest BCUT2D eigenvalue weighted by Gasteiger charge is 1.94. The molecule has 0 unspecified atom stereocenters. The number of nitrogens with one attached hydrogen (secondary N) is 1. The minimum atomic E-state index is 0.224. The third-order valence-corrected chi connectivity index (χ3v) is 1.41. The quantitative estimate of drug-likeness (QED) is 0.341. The number of nitrogens with two attached hydrogens (primary N) is 1. The van der Waals surface area contributed by atoms with E-state index in [-0.39, 0.29) is 11.9 Å². The second-order valence-electron chi connectivity index (χ2n) is 3.16. The van der Waals surface area contributed by atoms with E-state index in [4.69, 9.17) is 20.6 Å².